The summed E-state index contributed by atoms with van der Waals surface area (Å²) >= 11 is 0. The van der Waals surface area contributed by atoms with Gasteiger partial charge in [-0.2, -0.15) is 10.4 Å². The lowest BCUT2D eigenvalue weighted by Crippen LogP contribution is -2.38. The summed E-state index contributed by atoms with van der Waals surface area (Å²) in [5, 5.41) is 16.1. The largest absolute Gasteiger partial charge is 0.352 e. The molecule has 0 radical (unpaired) electrons. The van der Waals surface area contributed by atoms with E-state index in [2.05, 4.69) is 21.4 Å². The number of rotatable bonds is 5. The minimum Gasteiger partial charge on any atom is -0.352 e. The number of amides is 1. The van der Waals surface area contributed by atoms with Gasteiger partial charge in [-0.15, -0.1) is 0 Å². The van der Waals surface area contributed by atoms with Gasteiger partial charge in [-0.1, -0.05) is 30.3 Å². The van der Waals surface area contributed by atoms with E-state index in [0.717, 1.165) is 37.2 Å². The summed E-state index contributed by atoms with van der Waals surface area (Å²) in [5.74, 6) is 0.391. The third-order valence-electron chi connectivity index (χ3n) is 4.78. The Bertz CT molecular complexity index is 754. The summed E-state index contributed by atoms with van der Waals surface area (Å²) in [6.07, 6.45) is 3.66. The minimum atomic E-state index is -0.0774. The molecule has 1 N–H and O–H groups in total. The maximum atomic E-state index is 12.6. The third-order valence-corrected chi connectivity index (χ3v) is 4.78. The van der Waals surface area contributed by atoms with Crippen LogP contribution in [0.5, 0.6) is 0 Å². The zero-order chi connectivity index (χ0) is 17.6. The number of carbonyl (C=O) groups excluding carboxylic acids is 1. The van der Waals surface area contributed by atoms with E-state index in [1.54, 1.807) is 10.9 Å². The highest BCUT2D eigenvalue weighted by Crippen LogP contribution is 2.23. The van der Waals surface area contributed by atoms with Crippen molar-refractivity contribution >= 4 is 5.91 Å². The molecule has 1 aromatic heterocycles. The molecule has 1 aliphatic heterocycles. The van der Waals surface area contributed by atoms with Gasteiger partial charge in [0.1, 0.15) is 0 Å². The van der Waals surface area contributed by atoms with Gasteiger partial charge in [0.15, 0.2) is 0 Å². The molecular formula is C19H23N5O. The molecule has 1 aromatic carbocycles. The molecule has 0 aliphatic carbocycles. The maximum absolute atomic E-state index is 12.6. The molecule has 6 nitrogen and oxygen atoms in total. The Morgan fingerprint density at radius 2 is 2.04 bits per heavy atom. The van der Waals surface area contributed by atoms with Crippen molar-refractivity contribution in [3.8, 4) is 17.3 Å². The van der Waals surface area contributed by atoms with E-state index < -0.39 is 0 Å². The Labute approximate surface area is 148 Å². The van der Waals surface area contributed by atoms with E-state index in [0.29, 0.717) is 24.6 Å². The molecule has 0 saturated carbocycles. The van der Waals surface area contributed by atoms with Crippen LogP contribution in [0.4, 0.5) is 0 Å². The first-order chi connectivity index (χ1) is 12.2. The van der Waals surface area contributed by atoms with Crippen molar-refractivity contribution in [2.24, 2.45) is 13.0 Å². The first-order valence-corrected chi connectivity index (χ1v) is 8.64. The second kappa shape index (κ2) is 7.95. The quantitative estimate of drug-likeness (QED) is 0.848. The molecule has 1 amide bonds. The van der Waals surface area contributed by atoms with Gasteiger partial charge in [-0.25, -0.2) is 0 Å². The van der Waals surface area contributed by atoms with Crippen LogP contribution < -0.4 is 5.32 Å². The van der Waals surface area contributed by atoms with Crippen molar-refractivity contribution in [2.75, 3.05) is 26.2 Å². The summed E-state index contributed by atoms with van der Waals surface area (Å²) in [6, 6.07) is 12.0. The SMILES string of the molecule is Cn1ncc(C(=O)NCC2CCN(CC#N)CC2)c1-c1ccccc1. The van der Waals surface area contributed by atoms with E-state index in [1.165, 1.54) is 0 Å². The lowest BCUT2D eigenvalue weighted by atomic mass is 9.96. The second-order valence-corrected chi connectivity index (χ2v) is 6.48. The van der Waals surface area contributed by atoms with Gasteiger partial charge < -0.3 is 5.32 Å². The summed E-state index contributed by atoms with van der Waals surface area (Å²) in [4.78, 5) is 14.8. The van der Waals surface area contributed by atoms with E-state index in [9.17, 15) is 4.79 Å². The smallest absolute Gasteiger partial charge is 0.255 e. The molecule has 6 heteroatoms. The van der Waals surface area contributed by atoms with Crippen molar-refractivity contribution in [3.05, 3.63) is 42.1 Å². The zero-order valence-corrected chi connectivity index (χ0v) is 14.5. The lowest BCUT2D eigenvalue weighted by molar-refractivity contribution is 0.0938. The standard InChI is InChI=1S/C19H23N5O/c1-23-18(16-5-3-2-4-6-16)17(14-22-23)19(25)21-13-15-7-10-24(11-8-15)12-9-20/h2-6,14-15H,7-8,10-13H2,1H3,(H,21,25). The number of nitrogens with one attached hydrogen (secondary N) is 1. The third kappa shape index (κ3) is 4.06. The van der Waals surface area contributed by atoms with Crippen LogP contribution in [0.2, 0.25) is 0 Å². The molecule has 1 saturated heterocycles. The molecule has 2 heterocycles. The summed E-state index contributed by atoms with van der Waals surface area (Å²) in [5.41, 5.74) is 2.43. The summed E-state index contributed by atoms with van der Waals surface area (Å²) in [7, 11) is 1.85. The predicted molar refractivity (Wildman–Crippen MR) is 95.8 cm³/mol. The van der Waals surface area contributed by atoms with E-state index >= 15 is 0 Å². The number of hydrogen-bond donors (Lipinski definition) is 1. The monoisotopic (exact) mass is 337 g/mol. The Kier molecular flexibility index (Phi) is 5.46. The van der Waals surface area contributed by atoms with E-state index in [-0.39, 0.29) is 5.91 Å². The Hall–Kier alpha value is -2.65. The summed E-state index contributed by atoms with van der Waals surface area (Å²) < 4.78 is 1.74. The molecule has 0 unspecified atom stereocenters. The predicted octanol–water partition coefficient (Wildman–Crippen LogP) is 2.05. The first-order valence-electron chi connectivity index (χ1n) is 8.64. The number of piperidine rings is 1. The van der Waals surface area contributed by atoms with Crippen LogP contribution in [-0.2, 0) is 7.05 Å². The second-order valence-electron chi connectivity index (χ2n) is 6.48. The van der Waals surface area contributed by atoms with Crippen LogP contribution in [0.1, 0.15) is 23.2 Å². The average Bonchev–Trinajstić information content (AvgIpc) is 3.03. The van der Waals surface area contributed by atoms with Crippen molar-refractivity contribution in [1.29, 1.82) is 5.26 Å². The lowest BCUT2D eigenvalue weighted by Gasteiger charge is -2.30. The molecule has 1 aliphatic rings. The average molecular weight is 337 g/mol. The molecule has 0 bridgehead atoms. The van der Waals surface area contributed by atoms with E-state index in [4.69, 9.17) is 5.26 Å². The highest BCUT2D eigenvalue weighted by Gasteiger charge is 2.21. The minimum absolute atomic E-state index is 0.0774. The molecule has 2 aromatic rings. The number of likely N-dealkylation sites (tertiary alicyclic amines) is 1. The number of aromatic nitrogens is 2. The molecule has 25 heavy (non-hydrogen) atoms. The molecular weight excluding hydrogens is 314 g/mol. The van der Waals surface area contributed by atoms with Crippen LogP contribution in [0.3, 0.4) is 0 Å². The van der Waals surface area contributed by atoms with Crippen molar-refractivity contribution in [1.82, 2.24) is 20.0 Å². The van der Waals surface area contributed by atoms with Crippen LogP contribution in [0.25, 0.3) is 11.3 Å². The topological polar surface area (TPSA) is 74.0 Å². The van der Waals surface area contributed by atoms with Crippen molar-refractivity contribution < 1.29 is 4.79 Å². The molecule has 3 rings (SSSR count). The summed E-state index contributed by atoms with van der Waals surface area (Å²) in [6.45, 7) is 3.02. The molecule has 0 atom stereocenters. The number of aryl methyl sites for hydroxylation is 1. The van der Waals surface area contributed by atoms with Gasteiger partial charge in [0.05, 0.1) is 30.1 Å². The number of carbonyl (C=O) groups is 1. The Morgan fingerprint density at radius 3 is 2.72 bits per heavy atom. The highest BCUT2D eigenvalue weighted by atomic mass is 16.1. The normalized spacial score (nSPS) is 15.7. The number of benzene rings is 1. The highest BCUT2D eigenvalue weighted by molar-refractivity contribution is 5.99. The van der Waals surface area contributed by atoms with Crippen LogP contribution in [-0.4, -0.2) is 46.8 Å². The van der Waals surface area contributed by atoms with Gasteiger partial charge in [-0.3, -0.25) is 14.4 Å². The van der Waals surface area contributed by atoms with Crippen LogP contribution in [0, 0.1) is 17.2 Å². The van der Waals surface area contributed by atoms with Crippen molar-refractivity contribution in [2.45, 2.75) is 12.8 Å². The van der Waals surface area contributed by atoms with Crippen LogP contribution >= 0.6 is 0 Å². The fraction of sp³-hybridized carbons (Fsp3) is 0.421. The fourth-order valence-electron chi connectivity index (χ4n) is 3.32. The molecule has 0 spiro atoms. The number of hydrogen-bond acceptors (Lipinski definition) is 4. The fourth-order valence-corrected chi connectivity index (χ4v) is 3.32. The van der Waals surface area contributed by atoms with Crippen molar-refractivity contribution in [3.63, 3.8) is 0 Å². The number of nitriles is 1. The van der Waals surface area contributed by atoms with Gasteiger partial charge in [0.25, 0.3) is 5.91 Å². The van der Waals surface area contributed by atoms with Gasteiger partial charge >= 0.3 is 0 Å². The first kappa shape index (κ1) is 17.2. The molecule has 130 valence electrons. The van der Waals surface area contributed by atoms with Crippen LogP contribution in [0.15, 0.2) is 36.5 Å². The van der Waals surface area contributed by atoms with Gasteiger partial charge in [0.2, 0.25) is 0 Å². The van der Waals surface area contributed by atoms with Gasteiger partial charge in [-0.05, 0) is 31.8 Å². The number of nitrogens with zero attached hydrogens (tertiary/aromatic N) is 4. The van der Waals surface area contributed by atoms with Gasteiger partial charge in [0, 0.05) is 19.2 Å². The Balaban J connectivity index is 1.61. The maximum Gasteiger partial charge on any atom is 0.255 e. The zero-order valence-electron chi connectivity index (χ0n) is 14.5. The Morgan fingerprint density at radius 1 is 1.32 bits per heavy atom. The van der Waals surface area contributed by atoms with E-state index in [1.807, 2.05) is 37.4 Å². The molecule has 1 fully saturated rings.